The Morgan fingerprint density at radius 2 is 1.95 bits per heavy atom. The topological polar surface area (TPSA) is 41.6 Å². The normalized spacial score (nSPS) is 11.7. The molecule has 4 rings (SSSR count). The van der Waals surface area contributed by atoms with Crippen LogP contribution in [0.2, 0.25) is 5.02 Å². The lowest BCUT2D eigenvalue weighted by molar-refractivity contribution is 1.35. The smallest absolute Gasteiger partial charge is 0.157 e. The molecule has 0 bridgehead atoms. The van der Waals surface area contributed by atoms with Crippen molar-refractivity contribution in [3.05, 3.63) is 47.0 Å². The molecule has 0 aliphatic carbocycles. The lowest BCUT2D eigenvalue weighted by Gasteiger charge is -1.97. The van der Waals surface area contributed by atoms with E-state index in [1.54, 1.807) is 0 Å². The summed E-state index contributed by atoms with van der Waals surface area (Å²) >= 11 is 6.01. The maximum Gasteiger partial charge on any atom is 0.157 e. The fraction of sp³-hybridized carbons (Fsp3) is 0.0667. The third kappa shape index (κ3) is 1.52. The van der Waals surface area contributed by atoms with Gasteiger partial charge in [0.25, 0.3) is 0 Å². The Hall–Kier alpha value is -2.13. The number of aromatic amines is 1. The highest BCUT2D eigenvalue weighted by Gasteiger charge is 2.10. The molecule has 0 atom stereocenters. The number of nitrogens with one attached hydrogen (secondary N) is 1. The zero-order chi connectivity index (χ0) is 13.0. The zero-order valence-electron chi connectivity index (χ0n) is 10.2. The first kappa shape index (κ1) is 10.8. The van der Waals surface area contributed by atoms with Gasteiger partial charge < -0.3 is 4.98 Å². The highest BCUT2D eigenvalue weighted by molar-refractivity contribution is 6.31. The van der Waals surface area contributed by atoms with Gasteiger partial charge in [0.15, 0.2) is 5.65 Å². The van der Waals surface area contributed by atoms with Crippen molar-refractivity contribution in [2.75, 3.05) is 0 Å². The molecule has 2 heterocycles. The Balaban J connectivity index is 2.23. The lowest BCUT2D eigenvalue weighted by atomic mass is 10.1. The number of para-hydroxylation sites is 1. The summed E-state index contributed by atoms with van der Waals surface area (Å²) in [6.07, 6.45) is 0. The monoisotopic (exact) mass is 267 g/mol. The summed E-state index contributed by atoms with van der Waals surface area (Å²) in [5, 5.41) is 1.78. The van der Waals surface area contributed by atoms with Crippen LogP contribution in [-0.2, 0) is 0 Å². The first-order chi connectivity index (χ1) is 9.22. The largest absolute Gasteiger partial charge is 0.338 e. The van der Waals surface area contributed by atoms with Crippen molar-refractivity contribution in [2.24, 2.45) is 0 Å². The van der Waals surface area contributed by atoms with Crippen LogP contribution in [0.1, 0.15) is 5.56 Å². The predicted molar refractivity (Wildman–Crippen MR) is 78.6 cm³/mol. The molecule has 0 aliphatic heterocycles. The molecular formula is C15H10ClN3. The van der Waals surface area contributed by atoms with Crippen LogP contribution >= 0.6 is 11.6 Å². The van der Waals surface area contributed by atoms with Gasteiger partial charge in [-0.3, -0.25) is 0 Å². The minimum atomic E-state index is 0.678. The predicted octanol–water partition coefficient (Wildman–Crippen LogP) is 4.23. The Labute approximate surface area is 114 Å². The van der Waals surface area contributed by atoms with Crippen LogP contribution in [0, 0.1) is 6.92 Å². The van der Waals surface area contributed by atoms with Crippen LogP contribution in [0.15, 0.2) is 36.4 Å². The van der Waals surface area contributed by atoms with E-state index in [2.05, 4.69) is 34.0 Å². The molecule has 0 aliphatic rings. The Morgan fingerprint density at radius 1 is 1.05 bits per heavy atom. The second-order valence-corrected chi connectivity index (χ2v) is 5.11. The van der Waals surface area contributed by atoms with E-state index < -0.39 is 0 Å². The first-order valence-corrected chi connectivity index (χ1v) is 6.44. The fourth-order valence-corrected chi connectivity index (χ4v) is 2.62. The lowest BCUT2D eigenvalue weighted by Crippen LogP contribution is -1.85. The number of nitrogens with zero attached hydrogens (tertiary/aromatic N) is 2. The Kier molecular flexibility index (Phi) is 2.09. The van der Waals surface area contributed by atoms with Crippen molar-refractivity contribution in [3.8, 4) is 0 Å². The Bertz CT molecular complexity index is 940. The van der Waals surface area contributed by atoms with Gasteiger partial charge in [-0.2, -0.15) is 0 Å². The quantitative estimate of drug-likeness (QED) is 0.518. The second kappa shape index (κ2) is 3.68. The van der Waals surface area contributed by atoms with E-state index in [0.717, 1.165) is 33.1 Å². The molecule has 0 amide bonds. The molecular weight excluding hydrogens is 258 g/mol. The number of aromatic nitrogens is 3. The van der Waals surface area contributed by atoms with Gasteiger partial charge in [-0.15, -0.1) is 0 Å². The van der Waals surface area contributed by atoms with Crippen LogP contribution in [0.3, 0.4) is 0 Å². The summed E-state index contributed by atoms with van der Waals surface area (Å²) in [5.41, 5.74) is 5.68. The van der Waals surface area contributed by atoms with Crippen molar-refractivity contribution in [2.45, 2.75) is 6.92 Å². The van der Waals surface area contributed by atoms with Crippen molar-refractivity contribution >= 4 is 44.7 Å². The first-order valence-electron chi connectivity index (χ1n) is 6.07. The summed E-state index contributed by atoms with van der Waals surface area (Å²) in [4.78, 5) is 12.7. The van der Waals surface area contributed by atoms with Crippen LogP contribution in [0.4, 0.5) is 0 Å². The van der Waals surface area contributed by atoms with E-state index >= 15 is 0 Å². The van der Waals surface area contributed by atoms with E-state index in [4.69, 9.17) is 11.6 Å². The molecule has 2 aromatic carbocycles. The molecule has 0 unspecified atom stereocenters. The SMILES string of the molecule is Cc1cccc2c1[nH]c1nc3ccc(Cl)cc3nc12. The standard InChI is InChI=1S/C15H10ClN3/c1-8-3-2-4-10-13(8)19-15-14(10)17-12-7-9(16)5-6-11(12)18-15/h2-7H,1H3,(H,18,19). The van der Waals surface area contributed by atoms with E-state index in [1.807, 2.05) is 24.3 Å². The molecule has 92 valence electrons. The van der Waals surface area contributed by atoms with Crippen LogP contribution < -0.4 is 0 Å². The molecule has 4 heteroatoms. The molecule has 0 fully saturated rings. The summed E-state index contributed by atoms with van der Waals surface area (Å²) in [5.74, 6) is 0. The van der Waals surface area contributed by atoms with Crippen LogP contribution in [0.5, 0.6) is 0 Å². The Morgan fingerprint density at radius 3 is 2.84 bits per heavy atom. The molecule has 4 aromatic rings. The summed E-state index contributed by atoms with van der Waals surface area (Å²) < 4.78 is 0. The van der Waals surface area contributed by atoms with Crippen molar-refractivity contribution in [1.29, 1.82) is 0 Å². The van der Waals surface area contributed by atoms with Gasteiger partial charge in [0.05, 0.1) is 16.6 Å². The van der Waals surface area contributed by atoms with Gasteiger partial charge in [-0.1, -0.05) is 29.8 Å². The molecule has 19 heavy (non-hydrogen) atoms. The minimum Gasteiger partial charge on any atom is -0.338 e. The maximum absolute atomic E-state index is 6.01. The van der Waals surface area contributed by atoms with Crippen molar-refractivity contribution < 1.29 is 0 Å². The second-order valence-electron chi connectivity index (χ2n) is 4.68. The average molecular weight is 268 g/mol. The highest BCUT2D eigenvalue weighted by atomic mass is 35.5. The van der Waals surface area contributed by atoms with Gasteiger partial charge in [0, 0.05) is 10.4 Å². The number of H-pyrrole nitrogens is 1. The summed E-state index contributed by atoms with van der Waals surface area (Å²) in [6.45, 7) is 2.08. The molecule has 3 nitrogen and oxygen atoms in total. The van der Waals surface area contributed by atoms with Gasteiger partial charge in [0.1, 0.15) is 5.52 Å². The molecule has 0 spiro atoms. The number of halogens is 1. The number of rotatable bonds is 0. The number of benzene rings is 2. The van der Waals surface area contributed by atoms with Crippen molar-refractivity contribution in [3.63, 3.8) is 0 Å². The maximum atomic E-state index is 6.01. The van der Waals surface area contributed by atoms with Crippen LogP contribution in [-0.4, -0.2) is 15.0 Å². The minimum absolute atomic E-state index is 0.678. The average Bonchev–Trinajstić information content (AvgIpc) is 2.76. The number of fused-ring (bicyclic) bond motifs is 4. The number of aryl methyl sites for hydroxylation is 1. The van der Waals surface area contributed by atoms with E-state index in [1.165, 1.54) is 5.56 Å². The summed E-state index contributed by atoms with van der Waals surface area (Å²) in [7, 11) is 0. The number of hydrogen-bond donors (Lipinski definition) is 1. The van der Waals surface area contributed by atoms with Gasteiger partial charge in [0.2, 0.25) is 0 Å². The molecule has 0 saturated heterocycles. The molecule has 0 saturated carbocycles. The van der Waals surface area contributed by atoms with Gasteiger partial charge >= 0.3 is 0 Å². The van der Waals surface area contributed by atoms with E-state index in [9.17, 15) is 0 Å². The summed E-state index contributed by atoms with van der Waals surface area (Å²) in [6, 6.07) is 11.7. The van der Waals surface area contributed by atoms with Gasteiger partial charge in [-0.25, -0.2) is 9.97 Å². The van der Waals surface area contributed by atoms with Crippen molar-refractivity contribution in [1.82, 2.24) is 15.0 Å². The third-order valence-corrected chi connectivity index (χ3v) is 3.63. The zero-order valence-corrected chi connectivity index (χ0v) is 11.0. The van der Waals surface area contributed by atoms with Crippen LogP contribution in [0.25, 0.3) is 33.1 Å². The molecule has 1 N–H and O–H groups in total. The highest BCUT2D eigenvalue weighted by Crippen LogP contribution is 2.27. The van der Waals surface area contributed by atoms with Gasteiger partial charge in [-0.05, 0) is 30.7 Å². The van der Waals surface area contributed by atoms with E-state index in [0.29, 0.717) is 5.02 Å². The van der Waals surface area contributed by atoms with E-state index in [-0.39, 0.29) is 0 Å². The molecule has 0 radical (unpaired) electrons. The third-order valence-electron chi connectivity index (χ3n) is 3.40. The fourth-order valence-electron chi connectivity index (χ4n) is 2.45. The number of hydrogen-bond acceptors (Lipinski definition) is 2. The molecule has 2 aromatic heterocycles.